The summed E-state index contributed by atoms with van der Waals surface area (Å²) >= 11 is 1.28. The van der Waals surface area contributed by atoms with E-state index < -0.39 is 9.84 Å². The highest BCUT2D eigenvalue weighted by molar-refractivity contribution is 8.00. The smallest absolute Gasteiger partial charge is 0.237 e. The number of thioether (sulfide) groups is 1. The monoisotopic (exact) mass is 458 g/mol. The Bertz CT molecular complexity index is 1140. The Balaban J connectivity index is 1.73. The summed E-state index contributed by atoms with van der Waals surface area (Å²) in [5.41, 5.74) is 1.88. The van der Waals surface area contributed by atoms with Gasteiger partial charge in [0.15, 0.2) is 15.0 Å². The SMILES string of the molecule is CCc1ccccc1NC(=O)C(CC)Sc1nnc(CS(=O)(=O)c2ccccc2)n1C. The zero-order valence-corrected chi connectivity index (χ0v) is 19.4. The number of carbonyl (C=O) groups is 1. The lowest BCUT2D eigenvalue weighted by atomic mass is 10.1. The molecule has 9 heteroatoms. The fourth-order valence-electron chi connectivity index (χ4n) is 3.07. The molecule has 0 aliphatic carbocycles. The summed E-state index contributed by atoms with van der Waals surface area (Å²) in [5, 5.41) is 11.3. The fraction of sp³-hybridized carbons (Fsp3) is 0.318. The van der Waals surface area contributed by atoms with Gasteiger partial charge in [0, 0.05) is 12.7 Å². The number of anilines is 1. The Morgan fingerprint density at radius 1 is 1.06 bits per heavy atom. The van der Waals surface area contributed by atoms with Crippen molar-refractivity contribution < 1.29 is 13.2 Å². The van der Waals surface area contributed by atoms with E-state index in [4.69, 9.17) is 0 Å². The van der Waals surface area contributed by atoms with Crippen LogP contribution in [0.25, 0.3) is 0 Å². The molecular weight excluding hydrogens is 432 g/mol. The minimum atomic E-state index is -3.53. The van der Waals surface area contributed by atoms with Crippen LogP contribution < -0.4 is 5.32 Å². The summed E-state index contributed by atoms with van der Waals surface area (Å²) < 4.78 is 27.0. The van der Waals surface area contributed by atoms with Gasteiger partial charge in [-0.2, -0.15) is 0 Å². The summed E-state index contributed by atoms with van der Waals surface area (Å²) in [6.07, 6.45) is 1.41. The van der Waals surface area contributed by atoms with Crippen molar-refractivity contribution in [1.82, 2.24) is 14.8 Å². The Morgan fingerprint density at radius 2 is 1.74 bits per heavy atom. The second-order valence-electron chi connectivity index (χ2n) is 7.04. The van der Waals surface area contributed by atoms with Crippen molar-refractivity contribution in [3.8, 4) is 0 Å². The lowest BCUT2D eigenvalue weighted by Crippen LogP contribution is -2.25. The molecular formula is C22H26N4O3S2. The maximum absolute atomic E-state index is 12.9. The predicted octanol–water partition coefficient (Wildman–Crippen LogP) is 3.86. The number of rotatable bonds is 9. The Hall–Kier alpha value is -2.65. The Kier molecular flexibility index (Phi) is 7.50. The number of sulfone groups is 1. The molecule has 1 aromatic heterocycles. The molecule has 0 saturated heterocycles. The van der Waals surface area contributed by atoms with E-state index in [0.29, 0.717) is 17.4 Å². The van der Waals surface area contributed by atoms with Gasteiger partial charge in [0.2, 0.25) is 5.91 Å². The number of nitrogens with zero attached hydrogens (tertiary/aromatic N) is 3. The molecule has 0 aliphatic rings. The molecule has 31 heavy (non-hydrogen) atoms. The highest BCUT2D eigenvalue weighted by Crippen LogP contribution is 2.27. The second-order valence-corrected chi connectivity index (χ2v) is 10.2. The summed E-state index contributed by atoms with van der Waals surface area (Å²) in [6, 6.07) is 16.0. The van der Waals surface area contributed by atoms with Crippen LogP contribution >= 0.6 is 11.8 Å². The summed E-state index contributed by atoms with van der Waals surface area (Å²) in [4.78, 5) is 13.1. The van der Waals surface area contributed by atoms with E-state index in [-0.39, 0.29) is 21.8 Å². The van der Waals surface area contributed by atoms with Crippen molar-refractivity contribution in [3.63, 3.8) is 0 Å². The number of carbonyl (C=O) groups excluding carboxylic acids is 1. The molecule has 0 aliphatic heterocycles. The molecule has 164 valence electrons. The third-order valence-electron chi connectivity index (χ3n) is 4.91. The van der Waals surface area contributed by atoms with E-state index in [2.05, 4.69) is 15.5 Å². The first-order chi connectivity index (χ1) is 14.9. The van der Waals surface area contributed by atoms with E-state index in [9.17, 15) is 13.2 Å². The summed E-state index contributed by atoms with van der Waals surface area (Å²) in [7, 11) is -1.82. The summed E-state index contributed by atoms with van der Waals surface area (Å²) in [5.74, 6) is -0.0405. The third kappa shape index (κ3) is 5.54. The highest BCUT2D eigenvalue weighted by Gasteiger charge is 2.24. The van der Waals surface area contributed by atoms with E-state index in [1.807, 2.05) is 38.1 Å². The molecule has 1 unspecified atom stereocenters. The molecule has 0 spiro atoms. The average molecular weight is 459 g/mol. The lowest BCUT2D eigenvalue weighted by Gasteiger charge is -2.16. The molecule has 3 rings (SSSR count). The van der Waals surface area contributed by atoms with Crippen LogP contribution in [0.5, 0.6) is 0 Å². The minimum absolute atomic E-state index is 0.116. The zero-order valence-electron chi connectivity index (χ0n) is 17.8. The highest BCUT2D eigenvalue weighted by atomic mass is 32.2. The van der Waals surface area contributed by atoms with Crippen LogP contribution in [0, 0.1) is 0 Å². The molecule has 1 amide bonds. The van der Waals surface area contributed by atoms with Crippen LogP contribution in [-0.2, 0) is 33.9 Å². The van der Waals surface area contributed by atoms with Crippen LogP contribution in [-0.4, -0.2) is 34.3 Å². The van der Waals surface area contributed by atoms with Gasteiger partial charge in [-0.15, -0.1) is 10.2 Å². The van der Waals surface area contributed by atoms with E-state index in [1.54, 1.807) is 41.9 Å². The van der Waals surface area contributed by atoms with Crippen molar-refractivity contribution in [3.05, 3.63) is 66.0 Å². The lowest BCUT2D eigenvalue weighted by molar-refractivity contribution is -0.115. The van der Waals surface area contributed by atoms with E-state index in [1.165, 1.54) is 11.8 Å². The van der Waals surface area contributed by atoms with E-state index >= 15 is 0 Å². The van der Waals surface area contributed by atoms with Gasteiger partial charge in [0.1, 0.15) is 11.6 Å². The number of hydrogen-bond donors (Lipinski definition) is 1. The normalized spacial score (nSPS) is 12.5. The average Bonchev–Trinajstić information content (AvgIpc) is 3.11. The molecule has 0 radical (unpaired) electrons. The van der Waals surface area contributed by atoms with Crippen molar-refractivity contribution in [1.29, 1.82) is 0 Å². The van der Waals surface area contributed by atoms with E-state index in [0.717, 1.165) is 17.7 Å². The molecule has 0 fully saturated rings. The molecule has 2 aromatic carbocycles. The Labute approximate surface area is 187 Å². The number of para-hydroxylation sites is 1. The topological polar surface area (TPSA) is 94.0 Å². The molecule has 0 saturated carbocycles. The van der Waals surface area contributed by atoms with Gasteiger partial charge < -0.3 is 9.88 Å². The van der Waals surface area contributed by atoms with Crippen LogP contribution in [0.15, 0.2) is 64.6 Å². The van der Waals surface area contributed by atoms with Gasteiger partial charge in [0.25, 0.3) is 0 Å². The first-order valence-electron chi connectivity index (χ1n) is 10.1. The maximum Gasteiger partial charge on any atom is 0.237 e. The zero-order chi connectivity index (χ0) is 22.4. The number of hydrogen-bond acceptors (Lipinski definition) is 6. The molecule has 7 nitrogen and oxygen atoms in total. The summed E-state index contributed by atoms with van der Waals surface area (Å²) in [6.45, 7) is 3.97. The molecule has 3 aromatic rings. The van der Waals surface area contributed by atoms with Gasteiger partial charge in [-0.05, 0) is 36.6 Å². The van der Waals surface area contributed by atoms with Crippen LogP contribution in [0.4, 0.5) is 5.69 Å². The predicted molar refractivity (Wildman–Crippen MR) is 123 cm³/mol. The van der Waals surface area contributed by atoms with Gasteiger partial charge in [0.05, 0.1) is 10.1 Å². The van der Waals surface area contributed by atoms with Crippen molar-refractivity contribution >= 4 is 33.2 Å². The molecule has 1 N–H and O–H groups in total. The quantitative estimate of drug-likeness (QED) is 0.489. The van der Waals surface area contributed by atoms with Gasteiger partial charge in [-0.3, -0.25) is 4.79 Å². The number of aryl methyl sites for hydroxylation is 1. The molecule has 1 atom stereocenters. The first-order valence-corrected chi connectivity index (χ1v) is 12.6. The van der Waals surface area contributed by atoms with Gasteiger partial charge in [-0.1, -0.05) is 62.0 Å². The molecule has 1 heterocycles. The van der Waals surface area contributed by atoms with Crippen molar-refractivity contribution in [2.24, 2.45) is 7.05 Å². The fourth-order valence-corrected chi connectivity index (χ4v) is 5.34. The van der Waals surface area contributed by atoms with Crippen LogP contribution in [0.3, 0.4) is 0 Å². The second kappa shape index (κ2) is 10.1. The number of aromatic nitrogens is 3. The van der Waals surface area contributed by atoms with Crippen LogP contribution in [0.2, 0.25) is 0 Å². The molecule has 0 bridgehead atoms. The number of benzene rings is 2. The number of amides is 1. The van der Waals surface area contributed by atoms with Gasteiger partial charge >= 0.3 is 0 Å². The van der Waals surface area contributed by atoms with Gasteiger partial charge in [-0.25, -0.2) is 8.42 Å². The van der Waals surface area contributed by atoms with Crippen molar-refractivity contribution in [2.75, 3.05) is 5.32 Å². The minimum Gasteiger partial charge on any atom is -0.325 e. The van der Waals surface area contributed by atoms with Crippen molar-refractivity contribution in [2.45, 2.75) is 47.7 Å². The first kappa shape index (κ1) is 23.0. The maximum atomic E-state index is 12.9. The standard InChI is InChI=1S/C22H26N4O3S2/c1-4-16-11-9-10-14-18(16)23-21(27)19(5-2)30-22-25-24-20(26(22)3)15-31(28,29)17-12-7-6-8-13-17/h6-14,19H,4-5,15H2,1-3H3,(H,23,27). The van der Waals surface area contributed by atoms with Crippen LogP contribution in [0.1, 0.15) is 31.7 Å². The number of nitrogens with one attached hydrogen (secondary N) is 1. The largest absolute Gasteiger partial charge is 0.325 e. The Morgan fingerprint density at radius 3 is 2.42 bits per heavy atom. The third-order valence-corrected chi connectivity index (χ3v) is 7.94.